The minimum absolute atomic E-state index is 0.00355. The Bertz CT molecular complexity index is 1360. The average Bonchev–Trinajstić information content (AvgIpc) is 2.87. The molecule has 2 N–H and O–H groups in total. The van der Waals surface area contributed by atoms with E-state index in [1.807, 2.05) is 0 Å². The Labute approximate surface area is 235 Å². The fourth-order valence-electron chi connectivity index (χ4n) is 4.35. The number of halogens is 4. The third-order valence-corrected chi connectivity index (χ3v) is 8.39. The number of alkyl halides is 3. The quantitative estimate of drug-likeness (QED) is 0.495. The molecule has 2 aromatic rings. The molecule has 0 radical (unpaired) electrons. The summed E-state index contributed by atoms with van der Waals surface area (Å²) in [6, 6.07) is 7.83. The van der Waals surface area contributed by atoms with Gasteiger partial charge in [-0.3, -0.25) is 4.79 Å². The van der Waals surface area contributed by atoms with Gasteiger partial charge in [-0.1, -0.05) is 19.1 Å². The van der Waals surface area contributed by atoms with Crippen LogP contribution in [0.1, 0.15) is 24.2 Å². The summed E-state index contributed by atoms with van der Waals surface area (Å²) in [5.74, 6) is -3.78. The van der Waals surface area contributed by atoms with Gasteiger partial charge in [0.25, 0.3) is 5.91 Å². The van der Waals surface area contributed by atoms with E-state index in [-0.39, 0.29) is 42.4 Å². The molecule has 0 aliphatic carbocycles. The van der Waals surface area contributed by atoms with Crippen LogP contribution in [-0.4, -0.2) is 87.5 Å². The average molecular weight is 605 g/mol. The third-order valence-electron chi connectivity index (χ3n) is 6.47. The molecule has 0 aromatic heterocycles. The maximum absolute atomic E-state index is 13.9. The van der Waals surface area contributed by atoms with Gasteiger partial charge in [0, 0.05) is 32.9 Å². The van der Waals surface area contributed by atoms with Crippen LogP contribution in [0.3, 0.4) is 0 Å². The monoisotopic (exact) mass is 604 g/mol. The van der Waals surface area contributed by atoms with Crippen LogP contribution in [0.15, 0.2) is 42.5 Å². The lowest BCUT2D eigenvalue weighted by Crippen LogP contribution is -2.50. The Morgan fingerprint density at radius 1 is 1.12 bits per heavy atom. The van der Waals surface area contributed by atoms with Gasteiger partial charge in [0.2, 0.25) is 10.0 Å². The summed E-state index contributed by atoms with van der Waals surface area (Å²) in [4.78, 5) is 27.2. The first-order valence-corrected chi connectivity index (χ1v) is 14.2. The van der Waals surface area contributed by atoms with Crippen molar-refractivity contribution in [1.29, 1.82) is 0 Å². The van der Waals surface area contributed by atoms with Crippen molar-refractivity contribution < 1.29 is 45.0 Å². The number of likely N-dealkylation sites (N-methyl/N-ethyl adjacent to an activating group) is 1. The number of nitrogens with zero attached hydrogens (tertiary/aromatic N) is 2. The van der Waals surface area contributed by atoms with Crippen molar-refractivity contribution in [2.75, 3.05) is 50.2 Å². The zero-order valence-corrected chi connectivity index (χ0v) is 23.7. The summed E-state index contributed by atoms with van der Waals surface area (Å²) in [7, 11) is -1.95. The van der Waals surface area contributed by atoms with E-state index >= 15 is 0 Å². The van der Waals surface area contributed by atoms with E-state index in [1.54, 1.807) is 6.92 Å². The van der Waals surface area contributed by atoms with Crippen molar-refractivity contribution in [3.05, 3.63) is 53.8 Å². The molecule has 1 aliphatic heterocycles. The lowest BCUT2D eigenvalue weighted by molar-refractivity contribution is -0.107. The summed E-state index contributed by atoms with van der Waals surface area (Å²) in [5.41, 5.74) is 0.0967. The summed E-state index contributed by atoms with van der Waals surface area (Å²) >= 11 is 0. The summed E-state index contributed by atoms with van der Waals surface area (Å²) in [6.45, 7) is 2.34. The lowest BCUT2D eigenvalue weighted by Gasteiger charge is -2.35. The van der Waals surface area contributed by atoms with Crippen LogP contribution in [0.2, 0.25) is 0 Å². The van der Waals surface area contributed by atoms with Crippen LogP contribution < -0.4 is 15.4 Å². The number of urea groups is 1. The number of carbonyl (C=O) groups excluding carboxylic acids is 2. The van der Waals surface area contributed by atoms with Crippen LogP contribution >= 0.6 is 0 Å². The van der Waals surface area contributed by atoms with Crippen molar-refractivity contribution in [1.82, 2.24) is 9.21 Å². The van der Waals surface area contributed by atoms with E-state index in [0.29, 0.717) is 0 Å². The molecule has 1 heterocycles. The standard InChI is InChI=1S/C26H32F4N4O6S/c1-16-12-34(41(37,38)15-26(28,29)30)17(2)14-40-22-10-9-18(11-19(22)24(35)33(3)13-23(16)39-4)31-25(36)32-21-8-6-5-7-20(21)27/h5-11,16-17,23H,12-15H2,1-4H3,(H2,31,32,36)/t16-,17-,23-/m1/s1. The normalized spacial score (nSPS) is 21.2. The number of carbonyl (C=O) groups is 2. The number of rotatable bonds is 5. The van der Waals surface area contributed by atoms with Crippen molar-refractivity contribution in [3.8, 4) is 5.75 Å². The highest BCUT2D eigenvalue weighted by molar-refractivity contribution is 7.89. The molecule has 2 aromatic carbocycles. The van der Waals surface area contributed by atoms with E-state index in [1.165, 1.54) is 68.4 Å². The van der Waals surface area contributed by atoms with Crippen molar-refractivity contribution in [2.24, 2.45) is 5.92 Å². The number of anilines is 2. The fraction of sp³-hybridized carbons (Fsp3) is 0.462. The maximum atomic E-state index is 13.9. The number of amides is 3. The Kier molecular flexibility index (Phi) is 10.2. The molecule has 3 rings (SSSR count). The number of ether oxygens (including phenoxy) is 2. The molecule has 3 atom stereocenters. The van der Waals surface area contributed by atoms with E-state index < -0.39 is 57.8 Å². The summed E-state index contributed by atoms with van der Waals surface area (Å²) in [6.07, 6.45) is -5.68. The van der Waals surface area contributed by atoms with Gasteiger partial charge in [0.1, 0.15) is 18.2 Å². The molecular weight excluding hydrogens is 572 g/mol. The number of methoxy groups -OCH3 is 1. The minimum Gasteiger partial charge on any atom is -0.491 e. The number of hydrogen-bond donors (Lipinski definition) is 2. The molecule has 0 spiro atoms. The lowest BCUT2D eigenvalue weighted by atomic mass is 10.0. The number of benzene rings is 2. The molecule has 10 nitrogen and oxygen atoms in total. The Morgan fingerprint density at radius 3 is 2.44 bits per heavy atom. The molecule has 0 unspecified atom stereocenters. The van der Waals surface area contributed by atoms with Gasteiger partial charge in [-0.15, -0.1) is 0 Å². The zero-order chi connectivity index (χ0) is 30.5. The number of para-hydroxylation sites is 1. The van der Waals surface area contributed by atoms with Crippen molar-refractivity contribution in [3.63, 3.8) is 0 Å². The number of sulfonamides is 1. The second-order valence-corrected chi connectivity index (χ2v) is 11.7. The Morgan fingerprint density at radius 2 is 1.80 bits per heavy atom. The molecular formula is C26H32F4N4O6S. The fourth-order valence-corrected chi connectivity index (χ4v) is 6.00. The van der Waals surface area contributed by atoms with E-state index in [0.717, 1.165) is 4.31 Å². The van der Waals surface area contributed by atoms with Gasteiger partial charge >= 0.3 is 12.2 Å². The molecule has 1 aliphatic rings. The molecule has 15 heteroatoms. The van der Waals surface area contributed by atoms with Gasteiger partial charge < -0.3 is 25.0 Å². The van der Waals surface area contributed by atoms with Crippen LogP contribution in [0, 0.1) is 11.7 Å². The molecule has 0 fully saturated rings. The third kappa shape index (κ3) is 8.53. The van der Waals surface area contributed by atoms with Gasteiger partial charge in [0.05, 0.1) is 23.4 Å². The largest absolute Gasteiger partial charge is 0.491 e. The first-order valence-electron chi connectivity index (χ1n) is 12.5. The summed E-state index contributed by atoms with van der Waals surface area (Å²) < 4.78 is 90.9. The maximum Gasteiger partial charge on any atom is 0.404 e. The number of fused-ring (bicyclic) bond motifs is 1. The van der Waals surface area contributed by atoms with Crippen LogP contribution in [-0.2, 0) is 14.8 Å². The van der Waals surface area contributed by atoms with E-state index in [4.69, 9.17) is 9.47 Å². The highest BCUT2D eigenvalue weighted by atomic mass is 32.2. The van der Waals surface area contributed by atoms with Gasteiger partial charge in [-0.2, -0.15) is 17.5 Å². The van der Waals surface area contributed by atoms with Crippen molar-refractivity contribution in [2.45, 2.75) is 32.2 Å². The second kappa shape index (κ2) is 13.0. The Balaban J connectivity index is 1.94. The predicted molar refractivity (Wildman–Crippen MR) is 144 cm³/mol. The van der Waals surface area contributed by atoms with Gasteiger partial charge in [-0.25, -0.2) is 17.6 Å². The highest BCUT2D eigenvalue weighted by Gasteiger charge is 2.41. The van der Waals surface area contributed by atoms with Gasteiger partial charge in [0.15, 0.2) is 5.75 Å². The Hall–Kier alpha value is -3.43. The second-order valence-electron chi connectivity index (χ2n) is 9.81. The summed E-state index contributed by atoms with van der Waals surface area (Å²) in [5, 5.41) is 4.88. The number of hydrogen-bond acceptors (Lipinski definition) is 6. The van der Waals surface area contributed by atoms with Crippen LogP contribution in [0.25, 0.3) is 0 Å². The van der Waals surface area contributed by atoms with Crippen molar-refractivity contribution >= 4 is 33.3 Å². The van der Waals surface area contributed by atoms with Gasteiger partial charge in [-0.05, 0) is 43.2 Å². The van der Waals surface area contributed by atoms with E-state index in [2.05, 4.69) is 10.6 Å². The van der Waals surface area contributed by atoms with Crippen LogP contribution in [0.4, 0.5) is 33.7 Å². The molecule has 41 heavy (non-hydrogen) atoms. The topological polar surface area (TPSA) is 117 Å². The first kappa shape index (κ1) is 32.1. The van der Waals surface area contributed by atoms with E-state index in [9.17, 15) is 35.6 Å². The molecule has 0 bridgehead atoms. The predicted octanol–water partition coefficient (Wildman–Crippen LogP) is 4.17. The molecule has 0 saturated carbocycles. The molecule has 0 saturated heterocycles. The molecule has 226 valence electrons. The SMILES string of the molecule is CO[C@@H]1CN(C)C(=O)c2cc(NC(=O)Nc3ccccc3F)ccc2OC[C@@H](C)N(S(=O)(=O)CC(F)(F)F)C[C@H]1C. The smallest absolute Gasteiger partial charge is 0.404 e. The first-order chi connectivity index (χ1) is 19.1. The van der Waals surface area contributed by atoms with Crippen LogP contribution in [0.5, 0.6) is 5.75 Å². The zero-order valence-electron chi connectivity index (χ0n) is 22.9. The highest BCUT2D eigenvalue weighted by Crippen LogP contribution is 2.28. The molecule has 3 amide bonds. The number of nitrogens with one attached hydrogen (secondary N) is 2. The minimum atomic E-state index is -4.95.